The molecule has 0 radical (unpaired) electrons. The van der Waals surface area contributed by atoms with Crippen LogP contribution >= 0.6 is 11.6 Å². The Kier molecular flexibility index (Phi) is 4.58. The number of likely N-dealkylation sites (tertiary alicyclic amines) is 1. The van der Waals surface area contributed by atoms with E-state index in [1.807, 2.05) is 24.0 Å². The fraction of sp³-hybridized carbons (Fsp3) is 0.500. The average molecular weight is 377 g/mol. The van der Waals surface area contributed by atoms with E-state index in [1.165, 1.54) is 0 Å². The van der Waals surface area contributed by atoms with Gasteiger partial charge in [0.25, 0.3) is 0 Å². The minimum atomic E-state index is -0.369. The summed E-state index contributed by atoms with van der Waals surface area (Å²) in [6, 6.07) is 6.71. The van der Waals surface area contributed by atoms with Gasteiger partial charge < -0.3 is 19.5 Å². The summed E-state index contributed by atoms with van der Waals surface area (Å²) >= 11 is 5.89. The van der Waals surface area contributed by atoms with Crippen LogP contribution in [-0.2, 0) is 4.74 Å². The minimum absolute atomic E-state index is 0.0301. The predicted octanol–water partition coefficient (Wildman–Crippen LogP) is 3.42. The van der Waals surface area contributed by atoms with Crippen molar-refractivity contribution >= 4 is 17.6 Å². The van der Waals surface area contributed by atoms with Crippen molar-refractivity contribution in [3.8, 4) is 11.4 Å². The second-order valence-corrected chi connectivity index (χ2v) is 7.34. The van der Waals surface area contributed by atoms with Gasteiger partial charge in [0.2, 0.25) is 11.7 Å². The molecule has 1 N–H and O–H groups in total. The highest BCUT2D eigenvalue weighted by atomic mass is 35.5. The maximum atomic E-state index is 12.5. The molecule has 26 heavy (non-hydrogen) atoms. The van der Waals surface area contributed by atoms with Crippen molar-refractivity contribution in [2.75, 3.05) is 19.7 Å². The van der Waals surface area contributed by atoms with E-state index in [4.69, 9.17) is 20.9 Å². The van der Waals surface area contributed by atoms with Crippen LogP contribution in [0.15, 0.2) is 28.8 Å². The van der Waals surface area contributed by atoms with Crippen LogP contribution in [0.1, 0.15) is 38.1 Å². The summed E-state index contributed by atoms with van der Waals surface area (Å²) in [5.74, 6) is 0.846. The number of benzene rings is 1. The third-order valence-electron chi connectivity index (χ3n) is 5.18. The molecule has 2 aromatic rings. The van der Waals surface area contributed by atoms with E-state index >= 15 is 0 Å². The van der Waals surface area contributed by atoms with Gasteiger partial charge >= 0.3 is 6.03 Å². The summed E-state index contributed by atoms with van der Waals surface area (Å²) in [6.45, 7) is 4.09. The Labute approximate surface area is 156 Å². The van der Waals surface area contributed by atoms with E-state index in [0.717, 1.165) is 31.4 Å². The Hall–Kier alpha value is -2.12. The number of halogens is 1. The molecular weight excluding hydrogens is 356 g/mol. The molecule has 0 aliphatic carbocycles. The Morgan fingerprint density at radius 3 is 2.58 bits per heavy atom. The molecule has 2 aliphatic rings. The fourth-order valence-corrected chi connectivity index (χ4v) is 3.49. The maximum Gasteiger partial charge on any atom is 0.318 e. The lowest BCUT2D eigenvalue weighted by Gasteiger charge is -2.47. The number of hydrogen-bond acceptors (Lipinski definition) is 5. The van der Waals surface area contributed by atoms with E-state index < -0.39 is 0 Å². The van der Waals surface area contributed by atoms with E-state index in [-0.39, 0.29) is 17.7 Å². The summed E-state index contributed by atoms with van der Waals surface area (Å²) in [6.07, 6.45) is 2.90. The highest BCUT2D eigenvalue weighted by Crippen LogP contribution is 2.36. The zero-order valence-electron chi connectivity index (χ0n) is 14.6. The molecule has 2 saturated heterocycles. The first-order valence-corrected chi connectivity index (χ1v) is 9.21. The molecule has 4 rings (SSSR count). The van der Waals surface area contributed by atoms with Gasteiger partial charge in [-0.1, -0.05) is 16.8 Å². The summed E-state index contributed by atoms with van der Waals surface area (Å²) < 4.78 is 11.0. The topological polar surface area (TPSA) is 80.5 Å². The zero-order chi connectivity index (χ0) is 18.1. The predicted molar refractivity (Wildman–Crippen MR) is 95.8 cm³/mol. The van der Waals surface area contributed by atoms with Crippen molar-refractivity contribution < 1.29 is 14.1 Å². The minimum Gasteiger partial charge on any atom is -0.375 e. The highest BCUT2D eigenvalue weighted by molar-refractivity contribution is 6.30. The van der Waals surface area contributed by atoms with E-state index in [2.05, 4.69) is 15.5 Å². The number of hydrogen-bond donors (Lipinski definition) is 1. The lowest BCUT2D eigenvalue weighted by atomic mass is 9.84. The Morgan fingerprint density at radius 1 is 1.27 bits per heavy atom. The van der Waals surface area contributed by atoms with E-state index in [0.29, 0.717) is 29.8 Å². The van der Waals surface area contributed by atoms with Gasteiger partial charge in [-0.25, -0.2) is 4.79 Å². The molecule has 2 fully saturated rings. The molecule has 138 valence electrons. The van der Waals surface area contributed by atoms with Crippen molar-refractivity contribution in [1.29, 1.82) is 0 Å². The smallest absolute Gasteiger partial charge is 0.318 e. The van der Waals surface area contributed by atoms with Crippen LogP contribution in [0, 0.1) is 0 Å². The molecule has 0 bridgehead atoms. The van der Waals surface area contributed by atoms with Crippen molar-refractivity contribution in [3.05, 3.63) is 35.2 Å². The van der Waals surface area contributed by atoms with Crippen LogP contribution < -0.4 is 5.32 Å². The fourth-order valence-electron chi connectivity index (χ4n) is 3.37. The normalized spacial score (nSPS) is 19.8. The molecule has 3 heterocycles. The van der Waals surface area contributed by atoms with Crippen LogP contribution in [0.3, 0.4) is 0 Å². The first kappa shape index (κ1) is 17.3. The van der Waals surface area contributed by atoms with Gasteiger partial charge in [0.15, 0.2) is 0 Å². The first-order chi connectivity index (χ1) is 12.5. The number of urea groups is 1. The Balaban J connectivity index is 1.35. The summed E-state index contributed by atoms with van der Waals surface area (Å²) in [7, 11) is 0. The van der Waals surface area contributed by atoms with Gasteiger partial charge in [0.1, 0.15) is 6.04 Å². The van der Waals surface area contributed by atoms with Crippen LogP contribution in [-0.4, -0.2) is 46.4 Å². The quantitative estimate of drug-likeness (QED) is 0.887. The number of amides is 2. The number of ether oxygens (including phenoxy) is 1. The van der Waals surface area contributed by atoms with Crippen LogP contribution in [0.4, 0.5) is 4.79 Å². The number of aromatic nitrogens is 2. The molecular formula is C18H21ClN4O3. The maximum absolute atomic E-state index is 12.5. The van der Waals surface area contributed by atoms with Crippen LogP contribution in [0.25, 0.3) is 11.4 Å². The van der Waals surface area contributed by atoms with E-state index in [1.54, 1.807) is 12.1 Å². The lowest BCUT2D eigenvalue weighted by molar-refractivity contribution is -0.169. The number of carbonyl (C=O) groups excluding carboxylic acids is 1. The molecule has 1 aromatic heterocycles. The van der Waals surface area contributed by atoms with Gasteiger partial charge in [-0.15, -0.1) is 0 Å². The SMILES string of the molecule is C[C@H](NC(=O)N1CCC2(CCO2)CC1)c1nc(-c2ccc(Cl)cc2)no1. The van der Waals surface area contributed by atoms with Crippen molar-refractivity contribution in [1.82, 2.24) is 20.4 Å². The number of piperidine rings is 1. The monoisotopic (exact) mass is 376 g/mol. The molecule has 2 aliphatic heterocycles. The zero-order valence-corrected chi connectivity index (χ0v) is 15.3. The van der Waals surface area contributed by atoms with Gasteiger partial charge in [0, 0.05) is 23.7 Å². The summed E-state index contributed by atoms with van der Waals surface area (Å²) in [4.78, 5) is 18.7. The second-order valence-electron chi connectivity index (χ2n) is 6.90. The molecule has 0 unspecified atom stereocenters. The van der Waals surface area contributed by atoms with Gasteiger partial charge in [0.05, 0.1) is 12.2 Å². The van der Waals surface area contributed by atoms with Crippen molar-refractivity contribution in [2.45, 2.75) is 37.8 Å². The molecule has 8 heteroatoms. The molecule has 1 spiro atoms. The lowest BCUT2D eigenvalue weighted by Crippen LogP contribution is -2.55. The molecule has 2 amide bonds. The number of nitrogens with one attached hydrogen (secondary N) is 1. The van der Waals surface area contributed by atoms with Crippen LogP contribution in [0.5, 0.6) is 0 Å². The van der Waals surface area contributed by atoms with Crippen molar-refractivity contribution in [2.24, 2.45) is 0 Å². The standard InChI is InChI=1S/C18H21ClN4O3/c1-12(16-21-15(22-26-16)13-2-4-14(19)5-3-13)20-17(24)23-9-6-18(7-10-23)8-11-25-18/h2-5,12H,6-11H2,1H3,(H,20,24)/t12-/m0/s1. The third kappa shape index (κ3) is 3.41. The number of nitrogens with zero attached hydrogens (tertiary/aromatic N) is 3. The molecule has 1 atom stereocenters. The Bertz CT molecular complexity index is 778. The number of carbonyl (C=O) groups is 1. The van der Waals surface area contributed by atoms with Gasteiger partial charge in [-0.2, -0.15) is 4.98 Å². The van der Waals surface area contributed by atoms with Crippen LogP contribution in [0.2, 0.25) is 5.02 Å². The summed E-state index contributed by atoms with van der Waals surface area (Å²) in [5.41, 5.74) is 0.840. The van der Waals surface area contributed by atoms with Gasteiger partial charge in [-0.3, -0.25) is 0 Å². The second kappa shape index (κ2) is 6.89. The van der Waals surface area contributed by atoms with E-state index in [9.17, 15) is 4.79 Å². The summed E-state index contributed by atoms with van der Waals surface area (Å²) in [5, 5.41) is 7.56. The third-order valence-corrected chi connectivity index (χ3v) is 5.43. The molecule has 0 saturated carbocycles. The molecule has 7 nitrogen and oxygen atoms in total. The molecule has 1 aromatic carbocycles. The van der Waals surface area contributed by atoms with Crippen molar-refractivity contribution in [3.63, 3.8) is 0 Å². The van der Waals surface area contributed by atoms with Gasteiger partial charge in [-0.05, 0) is 50.5 Å². The highest BCUT2D eigenvalue weighted by Gasteiger charge is 2.42. The largest absolute Gasteiger partial charge is 0.375 e. The Morgan fingerprint density at radius 2 is 1.96 bits per heavy atom. The first-order valence-electron chi connectivity index (χ1n) is 8.84. The average Bonchev–Trinajstić information content (AvgIpc) is 3.11. The number of rotatable bonds is 3.